The number of carbonyl (C=O) groups is 1. The molecule has 0 aliphatic carbocycles. The van der Waals surface area contributed by atoms with E-state index in [2.05, 4.69) is 21.2 Å². The van der Waals surface area contributed by atoms with Crippen molar-refractivity contribution in [3.05, 3.63) is 57.8 Å². The fourth-order valence-corrected chi connectivity index (χ4v) is 3.75. The van der Waals surface area contributed by atoms with E-state index in [1.54, 1.807) is 32.0 Å². The number of anilines is 1. The van der Waals surface area contributed by atoms with Gasteiger partial charge in [-0.05, 0) is 49.7 Å². The van der Waals surface area contributed by atoms with Crippen molar-refractivity contribution in [2.45, 2.75) is 18.7 Å². The summed E-state index contributed by atoms with van der Waals surface area (Å²) in [4.78, 5) is 12.5. The van der Waals surface area contributed by atoms with Crippen LogP contribution in [0.25, 0.3) is 11.0 Å². The van der Waals surface area contributed by atoms with Crippen molar-refractivity contribution >= 4 is 48.5 Å². The SMILES string of the molecule is Cc1ccc(NC(=O)c2oc3ccc(Br)cc3c2C)cc1S(N)(=O)=O. The summed E-state index contributed by atoms with van der Waals surface area (Å²) >= 11 is 3.39. The van der Waals surface area contributed by atoms with E-state index in [9.17, 15) is 13.2 Å². The predicted molar refractivity (Wildman–Crippen MR) is 99.2 cm³/mol. The number of rotatable bonds is 3. The molecular formula is C17H15BrN2O4S. The lowest BCUT2D eigenvalue weighted by Crippen LogP contribution is -2.16. The minimum atomic E-state index is -3.87. The van der Waals surface area contributed by atoms with Gasteiger partial charge in [0.2, 0.25) is 10.0 Å². The van der Waals surface area contributed by atoms with Gasteiger partial charge in [-0.2, -0.15) is 0 Å². The minimum Gasteiger partial charge on any atom is -0.451 e. The number of furan rings is 1. The van der Waals surface area contributed by atoms with Gasteiger partial charge in [0, 0.05) is 21.1 Å². The van der Waals surface area contributed by atoms with Crippen molar-refractivity contribution in [3.8, 4) is 0 Å². The zero-order valence-corrected chi connectivity index (χ0v) is 15.9. The second-order valence-corrected chi connectivity index (χ2v) is 8.12. The van der Waals surface area contributed by atoms with Crippen LogP contribution < -0.4 is 10.5 Å². The molecule has 0 saturated carbocycles. The molecule has 0 fully saturated rings. The second kappa shape index (κ2) is 6.29. The highest BCUT2D eigenvalue weighted by molar-refractivity contribution is 9.10. The molecule has 6 nitrogen and oxygen atoms in total. The molecule has 0 bridgehead atoms. The van der Waals surface area contributed by atoms with E-state index < -0.39 is 15.9 Å². The molecule has 25 heavy (non-hydrogen) atoms. The fourth-order valence-electron chi connectivity index (χ4n) is 2.58. The van der Waals surface area contributed by atoms with E-state index in [0.717, 1.165) is 9.86 Å². The number of halogens is 1. The number of amides is 1. The van der Waals surface area contributed by atoms with Crippen molar-refractivity contribution < 1.29 is 17.6 Å². The molecule has 8 heteroatoms. The number of benzene rings is 2. The molecule has 3 rings (SSSR count). The molecule has 0 spiro atoms. The summed E-state index contributed by atoms with van der Waals surface area (Å²) in [6, 6.07) is 9.99. The van der Waals surface area contributed by atoms with E-state index in [1.165, 1.54) is 6.07 Å². The van der Waals surface area contributed by atoms with E-state index in [-0.39, 0.29) is 10.7 Å². The Hall–Kier alpha value is -2.16. The molecule has 3 aromatic rings. The summed E-state index contributed by atoms with van der Waals surface area (Å²) in [5, 5.41) is 8.67. The summed E-state index contributed by atoms with van der Waals surface area (Å²) in [6.45, 7) is 3.42. The maximum absolute atomic E-state index is 12.5. The molecule has 1 heterocycles. The van der Waals surface area contributed by atoms with Gasteiger partial charge in [-0.25, -0.2) is 13.6 Å². The number of fused-ring (bicyclic) bond motifs is 1. The smallest absolute Gasteiger partial charge is 0.291 e. The van der Waals surface area contributed by atoms with Crippen LogP contribution in [-0.4, -0.2) is 14.3 Å². The molecule has 2 aromatic carbocycles. The highest BCUT2D eigenvalue weighted by Gasteiger charge is 2.19. The molecule has 0 saturated heterocycles. The molecule has 0 unspecified atom stereocenters. The number of hydrogen-bond donors (Lipinski definition) is 2. The first-order chi connectivity index (χ1) is 11.7. The average molecular weight is 423 g/mol. The molecule has 0 aliphatic rings. The molecule has 130 valence electrons. The van der Waals surface area contributed by atoms with Crippen LogP contribution in [0.4, 0.5) is 5.69 Å². The molecule has 1 aromatic heterocycles. The van der Waals surface area contributed by atoms with E-state index >= 15 is 0 Å². The number of carbonyl (C=O) groups excluding carboxylic acids is 1. The zero-order chi connectivity index (χ0) is 18.4. The monoisotopic (exact) mass is 422 g/mol. The number of nitrogens with two attached hydrogens (primary N) is 1. The summed E-state index contributed by atoms with van der Waals surface area (Å²) < 4.78 is 29.7. The van der Waals surface area contributed by atoms with Crippen LogP contribution in [0.15, 0.2) is 50.2 Å². The molecule has 1 amide bonds. The largest absolute Gasteiger partial charge is 0.451 e. The van der Waals surface area contributed by atoms with Gasteiger partial charge >= 0.3 is 0 Å². The highest BCUT2D eigenvalue weighted by Crippen LogP contribution is 2.29. The van der Waals surface area contributed by atoms with Crippen molar-refractivity contribution in [1.82, 2.24) is 0 Å². The first-order valence-electron chi connectivity index (χ1n) is 7.30. The van der Waals surface area contributed by atoms with E-state index in [1.807, 2.05) is 12.1 Å². The maximum atomic E-state index is 12.5. The number of sulfonamides is 1. The number of primary sulfonamides is 1. The standard InChI is InChI=1S/C17H15BrN2O4S/c1-9-3-5-12(8-15(9)25(19,22)23)20-17(21)16-10(2)13-7-11(18)4-6-14(13)24-16/h3-8H,1-2H3,(H,20,21)(H2,19,22,23). The van der Waals surface area contributed by atoms with Crippen molar-refractivity contribution in [1.29, 1.82) is 0 Å². The van der Waals surface area contributed by atoms with Gasteiger partial charge in [-0.1, -0.05) is 22.0 Å². The lowest BCUT2D eigenvalue weighted by Gasteiger charge is -2.08. The maximum Gasteiger partial charge on any atom is 0.291 e. The molecule has 0 atom stereocenters. The van der Waals surface area contributed by atoms with Crippen LogP contribution in [0.2, 0.25) is 0 Å². The third kappa shape index (κ3) is 3.46. The summed E-state index contributed by atoms with van der Waals surface area (Å²) in [5.41, 5.74) is 2.12. The van der Waals surface area contributed by atoms with Gasteiger partial charge in [0.05, 0.1) is 4.90 Å². The third-order valence-electron chi connectivity index (χ3n) is 3.86. The number of nitrogens with one attached hydrogen (secondary N) is 1. The van der Waals surface area contributed by atoms with Crippen LogP contribution >= 0.6 is 15.9 Å². The number of aryl methyl sites for hydroxylation is 2. The topological polar surface area (TPSA) is 102 Å². The lowest BCUT2D eigenvalue weighted by molar-refractivity contribution is 0.0998. The average Bonchev–Trinajstić information content (AvgIpc) is 2.85. The van der Waals surface area contributed by atoms with E-state index in [4.69, 9.17) is 9.56 Å². The molecular weight excluding hydrogens is 408 g/mol. The Morgan fingerprint density at radius 2 is 1.88 bits per heavy atom. The minimum absolute atomic E-state index is 0.0319. The van der Waals surface area contributed by atoms with Crippen LogP contribution in [0, 0.1) is 13.8 Å². The summed E-state index contributed by atoms with van der Waals surface area (Å²) in [5.74, 6) is -0.292. The quantitative estimate of drug-likeness (QED) is 0.671. The Morgan fingerprint density at radius 3 is 2.56 bits per heavy atom. The predicted octanol–water partition coefficient (Wildman–Crippen LogP) is 3.71. The van der Waals surface area contributed by atoms with Gasteiger partial charge in [-0.15, -0.1) is 0 Å². The Kier molecular flexibility index (Phi) is 4.44. The third-order valence-corrected chi connectivity index (χ3v) is 5.40. The fraction of sp³-hybridized carbons (Fsp3) is 0.118. The summed E-state index contributed by atoms with van der Waals surface area (Å²) in [7, 11) is -3.87. The van der Waals surface area contributed by atoms with Crippen LogP contribution in [0.3, 0.4) is 0 Å². The first kappa shape index (κ1) is 17.7. The van der Waals surface area contributed by atoms with E-state index in [0.29, 0.717) is 22.4 Å². The van der Waals surface area contributed by atoms with Crippen molar-refractivity contribution in [2.24, 2.45) is 5.14 Å². The zero-order valence-electron chi connectivity index (χ0n) is 13.5. The van der Waals surface area contributed by atoms with Crippen LogP contribution in [0.5, 0.6) is 0 Å². The molecule has 3 N–H and O–H groups in total. The van der Waals surface area contributed by atoms with Gasteiger partial charge in [0.25, 0.3) is 5.91 Å². The number of hydrogen-bond acceptors (Lipinski definition) is 4. The van der Waals surface area contributed by atoms with Gasteiger partial charge in [0.1, 0.15) is 5.58 Å². The summed E-state index contributed by atoms with van der Waals surface area (Å²) in [6.07, 6.45) is 0. The first-order valence-corrected chi connectivity index (χ1v) is 9.64. The second-order valence-electron chi connectivity index (χ2n) is 5.68. The van der Waals surface area contributed by atoms with Gasteiger partial charge < -0.3 is 9.73 Å². The Bertz CT molecular complexity index is 1100. The van der Waals surface area contributed by atoms with Crippen LogP contribution in [-0.2, 0) is 10.0 Å². The van der Waals surface area contributed by atoms with Crippen molar-refractivity contribution in [2.75, 3.05) is 5.32 Å². The lowest BCUT2D eigenvalue weighted by atomic mass is 10.1. The molecule has 0 radical (unpaired) electrons. The Labute approximate surface area is 153 Å². The Morgan fingerprint density at radius 1 is 1.16 bits per heavy atom. The highest BCUT2D eigenvalue weighted by atomic mass is 79.9. The van der Waals surface area contributed by atoms with Gasteiger partial charge in [-0.3, -0.25) is 4.79 Å². The van der Waals surface area contributed by atoms with Crippen molar-refractivity contribution in [3.63, 3.8) is 0 Å². The van der Waals surface area contributed by atoms with Crippen LogP contribution in [0.1, 0.15) is 21.7 Å². The van der Waals surface area contributed by atoms with Gasteiger partial charge in [0.15, 0.2) is 5.76 Å². The molecule has 0 aliphatic heterocycles. The Balaban J connectivity index is 1.97. The normalized spacial score (nSPS) is 11.7.